The quantitative estimate of drug-likeness (QED) is 0.00822. The molecule has 4 aromatic heterocycles. The van der Waals surface area contributed by atoms with E-state index in [0.717, 1.165) is 105 Å². The highest BCUT2D eigenvalue weighted by Gasteiger charge is 2.35. The van der Waals surface area contributed by atoms with Gasteiger partial charge >= 0.3 is 56.4 Å². The number of hydrogen-bond acceptors (Lipinski definition) is 27. The normalized spacial score (nSPS) is 11.0. The second kappa shape index (κ2) is 54.1. The average Bonchev–Trinajstić information content (AvgIpc) is 1.68. The van der Waals surface area contributed by atoms with Crippen molar-refractivity contribution in [2.24, 2.45) is 0 Å². The number of carboxylic acids is 1. The predicted octanol–water partition coefficient (Wildman–Crippen LogP) is 20.9. The second-order valence-electron chi connectivity index (χ2n) is 29.3. The molecule has 11 aromatic carbocycles. The van der Waals surface area contributed by atoms with Crippen LogP contribution in [0.1, 0.15) is 102 Å². The van der Waals surface area contributed by atoms with Crippen molar-refractivity contribution in [3.05, 3.63) is 338 Å². The van der Waals surface area contributed by atoms with E-state index in [1.807, 2.05) is 109 Å². The second-order valence-corrected chi connectivity index (χ2v) is 31.7. The SMILES string of the molecule is BrCc1ccc(Br)cc1.CCOC(=O)c1[nH]nnc1OCc1ccc(-c2ccc(OC(F)(F)F)cc2)cc1.CCOC(=O)c1nnn(Cc2ccc(OC)cc2)c1OCc1ccc(-c2ccc(OC(F)(F)F)cc2)cc1.CCOC(=O)c1nnn(Cc2ccc(OC)cc2)c1OCc1ccc(Br)cc1.O=C(O)c1[nH]nnc1OCc1ccc(-c2ccc(OC(F)(F)F)cc2)cc1.OB(O)c1ccc(OC(F)(F)F)cc1. The van der Waals surface area contributed by atoms with E-state index in [-0.39, 0.29) is 115 Å². The van der Waals surface area contributed by atoms with E-state index in [1.54, 1.807) is 100 Å². The highest BCUT2D eigenvalue weighted by molar-refractivity contribution is 9.10. The van der Waals surface area contributed by atoms with E-state index in [4.69, 9.17) is 57.8 Å². The standard InChI is InChI=1S/C27H24F3N3O5.C20H20BrN3O4.C19H16F3N3O4.C17H12F3N3O4.C7H6BF3O3.C7H6Br2/c1-3-36-26(34)24-25(33(32-31-24)16-18-6-12-22(35-2)13-7-18)37-17-19-4-8-20(9-5-19)21-10-14-23(15-11-21)38-27(28,29)30;1-3-27-20(25)18-19(28-13-15-4-8-16(21)9-5-15)24(23-22-18)12-14-6-10-17(26-2)11-7-14;1-2-27-18(26)16-17(24-25-23-16)28-11-12-3-5-13(6-4-12)14-7-9-15(10-8-14)29-19(20,21)22;18-17(19,20)27-13-7-5-12(6-8-13)11-3-1-10(2-4-11)9-26-15-14(16(24)25)21-23-22-15;9-7(10,11)14-6-3-1-5(2-4-6)8(12)13;8-5-6-1-3-7(9)4-2-6/h4-15H,3,16-17H2,1-2H3;4-11H,3,12-13H2,1-2H3;3-10H,2,11H2,1H3,(H,23,24,25);1-8H,9H2,(H,24,25)(H,21,22,23);1-4,12-13H;1-4H,5H2. The van der Waals surface area contributed by atoms with Gasteiger partial charge in [-0.2, -0.15) is 0 Å². The number of aromatic nitrogens is 12. The van der Waals surface area contributed by atoms with Crippen LogP contribution in [0.25, 0.3) is 33.4 Å². The number of carbonyl (C=O) groups is 4. The summed E-state index contributed by atoms with van der Waals surface area (Å²) in [5.41, 5.74) is 10.9. The molecule has 0 amide bonds. The number of rotatable bonds is 34. The summed E-state index contributed by atoms with van der Waals surface area (Å²) < 4.78 is 214. The minimum Gasteiger partial charge on any atom is -0.497 e. The third-order valence-electron chi connectivity index (χ3n) is 19.0. The lowest BCUT2D eigenvalue weighted by atomic mass is 9.80. The molecule has 760 valence electrons. The lowest BCUT2D eigenvalue weighted by Gasteiger charge is -2.11. The first-order valence-corrected chi connectivity index (χ1v) is 45.3. The van der Waals surface area contributed by atoms with Gasteiger partial charge in [0.05, 0.1) is 47.1 Å². The first-order valence-electron chi connectivity index (χ1n) is 42.6. The smallest absolute Gasteiger partial charge is 0.497 e. The summed E-state index contributed by atoms with van der Waals surface area (Å²) >= 11 is 10.1. The molecule has 145 heavy (non-hydrogen) atoms. The number of esters is 3. The fourth-order valence-corrected chi connectivity index (χ4v) is 13.1. The lowest BCUT2D eigenvalue weighted by Crippen LogP contribution is -2.29. The Kier molecular flexibility index (Phi) is 41.5. The number of aromatic amines is 2. The van der Waals surface area contributed by atoms with Gasteiger partial charge in [0.25, 0.3) is 11.8 Å². The molecule has 0 aliphatic carbocycles. The van der Waals surface area contributed by atoms with Gasteiger partial charge in [-0.1, -0.05) is 249 Å². The monoisotopic (exact) mass is 2210 g/mol. The van der Waals surface area contributed by atoms with Crippen molar-refractivity contribution < 1.29 is 149 Å². The van der Waals surface area contributed by atoms with Crippen molar-refractivity contribution >= 4 is 84.2 Å². The predicted molar refractivity (Wildman–Crippen MR) is 509 cm³/mol. The van der Waals surface area contributed by atoms with Crippen LogP contribution in [0.4, 0.5) is 52.7 Å². The minimum atomic E-state index is -4.74. The maximum atomic E-state index is 12.4. The number of nitrogens with one attached hydrogen (secondary N) is 2. The fourth-order valence-electron chi connectivity index (χ4n) is 12.2. The number of carbonyl (C=O) groups excluding carboxylic acids is 3. The van der Waals surface area contributed by atoms with E-state index in [0.29, 0.717) is 24.4 Å². The van der Waals surface area contributed by atoms with E-state index in [9.17, 15) is 71.9 Å². The van der Waals surface area contributed by atoms with Crippen molar-refractivity contribution in [2.75, 3.05) is 34.0 Å². The number of ether oxygens (including phenoxy) is 13. The Bertz CT molecular complexity index is 6570. The number of benzene rings is 11. The number of H-pyrrole nitrogens is 2. The Morgan fingerprint density at radius 2 is 0.607 bits per heavy atom. The van der Waals surface area contributed by atoms with Gasteiger partial charge < -0.3 is 76.7 Å². The van der Waals surface area contributed by atoms with Crippen LogP contribution in [0.3, 0.4) is 0 Å². The molecule has 0 spiro atoms. The van der Waals surface area contributed by atoms with Crippen molar-refractivity contribution in [2.45, 2.75) is 91.1 Å². The van der Waals surface area contributed by atoms with Gasteiger partial charge in [0.2, 0.25) is 34.5 Å². The first-order chi connectivity index (χ1) is 69.2. The third kappa shape index (κ3) is 37.0. The molecule has 0 fully saturated rings. The molecule has 0 atom stereocenters. The Morgan fingerprint density at radius 3 is 0.897 bits per heavy atom. The summed E-state index contributed by atoms with van der Waals surface area (Å²) in [5, 5.41) is 62.1. The maximum Gasteiger partial charge on any atom is 0.573 e. The zero-order valence-electron chi connectivity index (χ0n) is 76.5. The van der Waals surface area contributed by atoms with Crippen LogP contribution in [0.2, 0.25) is 0 Å². The number of nitrogens with zero attached hydrogens (tertiary/aromatic N) is 10. The van der Waals surface area contributed by atoms with E-state index in [2.05, 4.69) is 130 Å². The summed E-state index contributed by atoms with van der Waals surface area (Å²) in [6, 6.07) is 73.3. The van der Waals surface area contributed by atoms with Crippen LogP contribution in [0.15, 0.2) is 276 Å². The number of alkyl halides is 13. The zero-order valence-corrected chi connectivity index (χ0v) is 81.2. The molecule has 15 rings (SSSR count). The van der Waals surface area contributed by atoms with Crippen LogP contribution < -0.4 is 52.8 Å². The summed E-state index contributed by atoms with van der Waals surface area (Å²) in [5.74, 6) is -2.47. The van der Waals surface area contributed by atoms with Crippen LogP contribution in [0.5, 0.6) is 58.0 Å². The minimum absolute atomic E-state index is 0.0295. The number of halogens is 15. The molecule has 0 bridgehead atoms. The van der Waals surface area contributed by atoms with E-state index < -0.39 is 62.2 Å². The highest BCUT2D eigenvalue weighted by Crippen LogP contribution is 2.34. The molecule has 32 nitrogen and oxygen atoms in total. The molecular formula is C97H84BBr3F12N12O20. The molecular weight excluding hydrogens is 2130 g/mol. The summed E-state index contributed by atoms with van der Waals surface area (Å²) in [6.07, 6.45) is -18.9. The van der Waals surface area contributed by atoms with Gasteiger partial charge in [-0.15, -0.1) is 62.9 Å². The van der Waals surface area contributed by atoms with Gasteiger partial charge in [0.15, 0.2) is 0 Å². The summed E-state index contributed by atoms with van der Waals surface area (Å²) in [7, 11) is 1.50. The molecule has 4 heterocycles. The van der Waals surface area contributed by atoms with Crippen molar-refractivity contribution in [3.8, 4) is 91.4 Å². The first kappa shape index (κ1) is 111. The van der Waals surface area contributed by atoms with Crippen LogP contribution in [0, 0.1) is 0 Å². The lowest BCUT2D eigenvalue weighted by molar-refractivity contribution is -0.275. The Hall–Kier alpha value is -15.6. The van der Waals surface area contributed by atoms with Gasteiger partial charge in [0, 0.05) is 14.3 Å². The molecule has 0 saturated carbocycles. The topological polar surface area (TPSA) is 394 Å². The van der Waals surface area contributed by atoms with Crippen LogP contribution >= 0.6 is 47.8 Å². The molecule has 0 aliphatic heterocycles. The molecule has 5 N–H and O–H groups in total. The van der Waals surface area contributed by atoms with E-state index >= 15 is 0 Å². The molecule has 0 unspecified atom stereocenters. The van der Waals surface area contributed by atoms with Gasteiger partial charge in [0.1, 0.15) is 60.9 Å². The van der Waals surface area contributed by atoms with Gasteiger partial charge in [-0.05, 0) is 196 Å². The molecule has 0 radical (unpaired) electrons. The van der Waals surface area contributed by atoms with Crippen molar-refractivity contribution in [1.29, 1.82) is 0 Å². The highest BCUT2D eigenvalue weighted by atomic mass is 79.9. The van der Waals surface area contributed by atoms with Gasteiger partial charge in [-0.25, -0.2) is 38.7 Å². The molecule has 0 aliphatic rings. The van der Waals surface area contributed by atoms with Gasteiger partial charge in [-0.3, -0.25) is 0 Å². The molecule has 48 heteroatoms. The largest absolute Gasteiger partial charge is 0.573 e. The van der Waals surface area contributed by atoms with Crippen LogP contribution in [-0.2, 0) is 59.1 Å². The number of methoxy groups -OCH3 is 2. The van der Waals surface area contributed by atoms with Crippen LogP contribution in [-0.4, -0.2) is 166 Å². The molecule has 15 aromatic rings. The number of hydrogen-bond donors (Lipinski definition) is 5. The number of carboxylic acid groups (broad SMARTS) is 1. The third-order valence-corrected chi connectivity index (χ3v) is 20.8. The fraction of sp³-hybridized carbons (Fsp3) is 0.196. The molecule has 0 saturated heterocycles. The average molecular weight is 2220 g/mol. The summed E-state index contributed by atoms with van der Waals surface area (Å²) in [6.45, 7) is 7.04. The Labute approximate surface area is 842 Å². The number of aromatic carboxylic acids is 1. The Balaban J connectivity index is 0.000000186. The van der Waals surface area contributed by atoms with Crippen molar-refractivity contribution in [3.63, 3.8) is 0 Å². The zero-order chi connectivity index (χ0) is 105. The maximum absolute atomic E-state index is 12.4. The summed E-state index contributed by atoms with van der Waals surface area (Å²) in [4.78, 5) is 47.3. The van der Waals surface area contributed by atoms with E-state index in [1.165, 1.54) is 70.9 Å². The Morgan fingerprint density at radius 1 is 0.345 bits per heavy atom. The van der Waals surface area contributed by atoms with Crippen molar-refractivity contribution in [1.82, 2.24) is 60.8 Å².